The van der Waals surface area contributed by atoms with Gasteiger partial charge in [0.1, 0.15) is 0 Å². The van der Waals surface area contributed by atoms with Gasteiger partial charge in [0.05, 0.1) is 11.0 Å². The number of hydrogen-bond donors (Lipinski definition) is 3. The van der Waals surface area contributed by atoms with Crippen molar-refractivity contribution in [1.82, 2.24) is 9.97 Å². The Labute approximate surface area is 88.3 Å². The zero-order valence-corrected chi connectivity index (χ0v) is 8.70. The van der Waals surface area contributed by atoms with E-state index in [1.807, 2.05) is 31.2 Å². The normalized spacial score (nSPS) is 12.9. The number of imidazole rings is 1. The van der Waals surface area contributed by atoms with Crippen molar-refractivity contribution in [2.45, 2.75) is 19.4 Å². The molecule has 0 radical (unpaired) electrons. The van der Waals surface area contributed by atoms with Crippen LogP contribution in [0, 0.1) is 0 Å². The van der Waals surface area contributed by atoms with Gasteiger partial charge in [0, 0.05) is 12.6 Å². The number of aromatic amines is 1. The minimum Gasteiger partial charge on any atom is -0.396 e. The molecule has 1 unspecified atom stereocenters. The number of hydrogen-bond acceptors (Lipinski definition) is 3. The largest absolute Gasteiger partial charge is 0.396 e. The van der Waals surface area contributed by atoms with Gasteiger partial charge in [-0.05, 0) is 25.5 Å². The molecule has 1 aromatic heterocycles. The lowest BCUT2D eigenvalue weighted by Gasteiger charge is -2.10. The van der Waals surface area contributed by atoms with Crippen LogP contribution in [-0.2, 0) is 0 Å². The van der Waals surface area contributed by atoms with E-state index in [2.05, 4.69) is 15.3 Å². The Morgan fingerprint density at radius 3 is 3.00 bits per heavy atom. The summed E-state index contributed by atoms with van der Waals surface area (Å²) in [6.45, 7) is 2.21. The number of aliphatic hydroxyl groups is 1. The lowest BCUT2D eigenvalue weighted by molar-refractivity contribution is 0.282. The minimum absolute atomic E-state index is 0.189. The average molecular weight is 205 g/mol. The third-order valence-corrected chi connectivity index (χ3v) is 2.33. The summed E-state index contributed by atoms with van der Waals surface area (Å²) in [5.41, 5.74) is 1.98. The first-order valence-electron chi connectivity index (χ1n) is 5.12. The fraction of sp³-hybridized carbons (Fsp3) is 0.364. The van der Waals surface area contributed by atoms with Crippen LogP contribution in [0.25, 0.3) is 11.0 Å². The maximum atomic E-state index is 8.78. The summed E-state index contributed by atoms with van der Waals surface area (Å²) in [7, 11) is 0. The van der Waals surface area contributed by atoms with E-state index < -0.39 is 0 Å². The quantitative estimate of drug-likeness (QED) is 0.712. The molecule has 0 aliphatic carbocycles. The summed E-state index contributed by atoms with van der Waals surface area (Å²) in [6, 6.07) is 8.11. The smallest absolute Gasteiger partial charge is 0.201 e. The van der Waals surface area contributed by atoms with Crippen LogP contribution < -0.4 is 5.32 Å². The Kier molecular flexibility index (Phi) is 2.87. The van der Waals surface area contributed by atoms with Crippen molar-refractivity contribution in [2.24, 2.45) is 0 Å². The van der Waals surface area contributed by atoms with Gasteiger partial charge in [-0.15, -0.1) is 0 Å². The summed E-state index contributed by atoms with van der Waals surface area (Å²) in [6.07, 6.45) is 0.719. The van der Waals surface area contributed by atoms with Crippen molar-refractivity contribution in [3.05, 3.63) is 24.3 Å². The second-order valence-corrected chi connectivity index (χ2v) is 3.66. The molecule has 2 rings (SSSR count). The van der Waals surface area contributed by atoms with Crippen molar-refractivity contribution in [3.8, 4) is 0 Å². The van der Waals surface area contributed by atoms with Gasteiger partial charge in [-0.1, -0.05) is 12.1 Å². The first-order valence-corrected chi connectivity index (χ1v) is 5.12. The molecule has 2 aromatic rings. The van der Waals surface area contributed by atoms with Gasteiger partial charge in [-0.3, -0.25) is 0 Å². The van der Waals surface area contributed by atoms with E-state index in [-0.39, 0.29) is 12.6 Å². The van der Waals surface area contributed by atoms with Gasteiger partial charge in [-0.2, -0.15) is 0 Å². The summed E-state index contributed by atoms with van der Waals surface area (Å²) in [5.74, 6) is 0.761. The molecule has 0 aliphatic heterocycles. The highest BCUT2D eigenvalue weighted by Crippen LogP contribution is 2.14. The molecule has 1 heterocycles. The second kappa shape index (κ2) is 4.31. The van der Waals surface area contributed by atoms with Crippen molar-refractivity contribution in [3.63, 3.8) is 0 Å². The molecule has 0 amide bonds. The fourth-order valence-electron chi connectivity index (χ4n) is 1.52. The molecule has 4 heteroatoms. The average Bonchev–Trinajstić information content (AvgIpc) is 2.59. The summed E-state index contributed by atoms with van der Waals surface area (Å²) in [5, 5.41) is 12.0. The number of nitrogens with one attached hydrogen (secondary N) is 2. The van der Waals surface area contributed by atoms with Gasteiger partial charge in [0.25, 0.3) is 0 Å². The Balaban J connectivity index is 2.15. The third kappa shape index (κ3) is 2.27. The summed E-state index contributed by atoms with van der Waals surface area (Å²) in [4.78, 5) is 7.57. The van der Waals surface area contributed by atoms with E-state index in [1.165, 1.54) is 0 Å². The van der Waals surface area contributed by atoms with Gasteiger partial charge in [0.2, 0.25) is 5.95 Å². The molecule has 15 heavy (non-hydrogen) atoms. The van der Waals surface area contributed by atoms with Crippen LogP contribution in [0.1, 0.15) is 13.3 Å². The van der Waals surface area contributed by atoms with Crippen LogP contribution in [-0.4, -0.2) is 27.7 Å². The van der Waals surface area contributed by atoms with Crippen LogP contribution >= 0.6 is 0 Å². The van der Waals surface area contributed by atoms with Crippen molar-refractivity contribution in [1.29, 1.82) is 0 Å². The molecule has 4 nitrogen and oxygen atoms in total. The maximum absolute atomic E-state index is 8.78. The van der Waals surface area contributed by atoms with Gasteiger partial charge >= 0.3 is 0 Å². The molecule has 0 saturated carbocycles. The van der Waals surface area contributed by atoms with E-state index in [9.17, 15) is 0 Å². The molecule has 1 atom stereocenters. The van der Waals surface area contributed by atoms with Crippen LogP contribution in [0.15, 0.2) is 24.3 Å². The molecule has 0 aliphatic rings. The number of fused-ring (bicyclic) bond motifs is 1. The van der Waals surface area contributed by atoms with E-state index >= 15 is 0 Å². The van der Waals surface area contributed by atoms with Gasteiger partial charge < -0.3 is 15.4 Å². The third-order valence-electron chi connectivity index (χ3n) is 2.33. The number of para-hydroxylation sites is 2. The van der Waals surface area contributed by atoms with Crippen molar-refractivity contribution >= 4 is 17.0 Å². The zero-order chi connectivity index (χ0) is 10.7. The first-order chi connectivity index (χ1) is 7.29. The van der Waals surface area contributed by atoms with Crippen molar-refractivity contribution in [2.75, 3.05) is 11.9 Å². The molecule has 3 N–H and O–H groups in total. The highest BCUT2D eigenvalue weighted by molar-refractivity contribution is 5.77. The van der Waals surface area contributed by atoms with E-state index in [1.54, 1.807) is 0 Å². The number of aromatic nitrogens is 2. The zero-order valence-electron chi connectivity index (χ0n) is 8.70. The second-order valence-electron chi connectivity index (χ2n) is 3.66. The Morgan fingerprint density at radius 1 is 1.47 bits per heavy atom. The monoisotopic (exact) mass is 205 g/mol. The van der Waals surface area contributed by atoms with Crippen LogP contribution in [0.3, 0.4) is 0 Å². The number of rotatable bonds is 4. The summed E-state index contributed by atoms with van der Waals surface area (Å²) < 4.78 is 0. The lowest BCUT2D eigenvalue weighted by Crippen LogP contribution is -2.17. The number of H-pyrrole nitrogens is 1. The topological polar surface area (TPSA) is 60.9 Å². The molecule has 0 bridgehead atoms. The number of benzene rings is 1. The molecular weight excluding hydrogens is 190 g/mol. The predicted octanol–water partition coefficient (Wildman–Crippen LogP) is 1.75. The van der Waals surface area contributed by atoms with Gasteiger partial charge in [-0.25, -0.2) is 4.98 Å². The number of nitrogens with zero attached hydrogens (tertiary/aromatic N) is 1. The van der Waals surface area contributed by atoms with E-state index in [0.717, 1.165) is 23.4 Å². The van der Waals surface area contributed by atoms with E-state index in [4.69, 9.17) is 5.11 Å². The predicted molar refractivity (Wildman–Crippen MR) is 60.9 cm³/mol. The number of aliphatic hydroxyl groups excluding tert-OH is 1. The van der Waals surface area contributed by atoms with E-state index in [0.29, 0.717) is 0 Å². The summed E-state index contributed by atoms with van der Waals surface area (Å²) >= 11 is 0. The lowest BCUT2D eigenvalue weighted by atomic mass is 10.2. The molecule has 80 valence electrons. The van der Waals surface area contributed by atoms with Gasteiger partial charge in [0.15, 0.2) is 0 Å². The Morgan fingerprint density at radius 2 is 2.27 bits per heavy atom. The molecule has 0 fully saturated rings. The number of anilines is 1. The highest BCUT2D eigenvalue weighted by Gasteiger charge is 2.04. The van der Waals surface area contributed by atoms with Crippen LogP contribution in [0.5, 0.6) is 0 Å². The fourth-order valence-corrected chi connectivity index (χ4v) is 1.52. The van der Waals surface area contributed by atoms with Crippen molar-refractivity contribution < 1.29 is 5.11 Å². The molecule has 1 aromatic carbocycles. The highest BCUT2D eigenvalue weighted by atomic mass is 16.3. The van der Waals surface area contributed by atoms with Crippen LogP contribution in [0.2, 0.25) is 0 Å². The molecular formula is C11H15N3O. The molecule has 0 saturated heterocycles. The maximum Gasteiger partial charge on any atom is 0.201 e. The molecule has 0 spiro atoms. The standard InChI is InChI=1S/C11H15N3O/c1-8(6-7-15)12-11-13-9-4-2-3-5-10(9)14-11/h2-5,8,15H,6-7H2,1H3,(H2,12,13,14). The van der Waals surface area contributed by atoms with Crippen LogP contribution in [0.4, 0.5) is 5.95 Å². The minimum atomic E-state index is 0.189. The Hall–Kier alpha value is -1.55. The first kappa shape index (κ1) is 9.98. The SMILES string of the molecule is CC(CCO)Nc1nc2ccccc2[nH]1. The Bertz CT molecular complexity index is 405.